The Balaban J connectivity index is 2.36. The summed E-state index contributed by atoms with van der Waals surface area (Å²) in [6.45, 7) is 3.02. The Morgan fingerprint density at radius 3 is 2.63 bits per heavy atom. The summed E-state index contributed by atoms with van der Waals surface area (Å²) >= 11 is 0. The van der Waals surface area contributed by atoms with Gasteiger partial charge in [-0.2, -0.15) is 5.26 Å². The molecule has 0 spiro atoms. The van der Waals surface area contributed by atoms with Crippen LogP contribution in [0.15, 0.2) is 0 Å². The smallest absolute Gasteiger partial charge is 0.247 e. The minimum atomic E-state index is -0.687. The molecule has 0 unspecified atom stereocenters. The molecule has 0 heterocycles. The Kier molecular flexibility index (Phi) is 6.82. The van der Waals surface area contributed by atoms with Crippen molar-refractivity contribution in [1.29, 1.82) is 5.26 Å². The molecule has 0 aromatic heterocycles. The van der Waals surface area contributed by atoms with Gasteiger partial charge in [-0.25, -0.2) is 0 Å². The van der Waals surface area contributed by atoms with E-state index < -0.39 is 5.54 Å². The van der Waals surface area contributed by atoms with E-state index in [1.54, 1.807) is 7.11 Å². The number of carbonyl (C=O) groups is 1. The summed E-state index contributed by atoms with van der Waals surface area (Å²) < 4.78 is 9.99. The van der Waals surface area contributed by atoms with Gasteiger partial charge in [-0.1, -0.05) is 13.3 Å². The number of carbonyl (C=O) groups excluding carboxylic acids is 1. The number of nitriles is 1. The highest BCUT2D eigenvalue weighted by Crippen LogP contribution is 2.33. The summed E-state index contributed by atoms with van der Waals surface area (Å²) in [5, 5.41) is 12.2. The second-order valence-electron chi connectivity index (χ2n) is 5.14. The lowest BCUT2D eigenvalue weighted by atomic mass is 9.76. The van der Waals surface area contributed by atoms with Crippen LogP contribution in [-0.4, -0.2) is 38.4 Å². The molecule has 1 aliphatic rings. The largest absolute Gasteiger partial charge is 0.382 e. The summed E-state index contributed by atoms with van der Waals surface area (Å²) in [5.74, 6) is 0.476. The molecule has 1 fully saturated rings. The molecular formula is C14H24N2O3. The molecule has 1 N–H and O–H groups in total. The van der Waals surface area contributed by atoms with Gasteiger partial charge in [0.2, 0.25) is 5.91 Å². The van der Waals surface area contributed by atoms with E-state index in [-0.39, 0.29) is 12.5 Å². The van der Waals surface area contributed by atoms with Crippen LogP contribution in [-0.2, 0) is 14.3 Å². The molecule has 19 heavy (non-hydrogen) atoms. The molecule has 0 bridgehead atoms. The SMILES string of the molecule is CCC1CCC(C#N)(NC(=O)COCCOC)CC1. The number of methoxy groups -OCH3 is 1. The first-order chi connectivity index (χ1) is 9.15. The Labute approximate surface area is 115 Å². The van der Waals surface area contributed by atoms with Gasteiger partial charge in [0.15, 0.2) is 0 Å². The van der Waals surface area contributed by atoms with Crippen molar-refractivity contribution in [2.75, 3.05) is 26.9 Å². The zero-order valence-corrected chi connectivity index (χ0v) is 11.9. The summed E-state index contributed by atoms with van der Waals surface area (Å²) in [4.78, 5) is 11.8. The molecule has 0 radical (unpaired) electrons. The summed E-state index contributed by atoms with van der Waals surface area (Å²) in [6.07, 6.45) is 4.65. The molecule has 108 valence electrons. The van der Waals surface area contributed by atoms with Crippen molar-refractivity contribution in [3.63, 3.8) is 0 Å². The Morgan fingerprint density at radius 1 is 1.42 bits per heavy atom. The lowest BCUT2D eigenvalue weighted by Gasteiger charge is -2.35. The van der Waals surface area contributed by atoms with E-state index >= 15 is 0 Å². The van der Waals surface area contributed by atoms with Gasteiger partial charge in [-0.3, -0.25) is 4.79 Å². The summed E-state index contributed by atoms with van der Waals surface area (Å²) in [7, 11) is 1.58. The normalized spacial score (nSPS) is 26.7. The second-order valence-corrected chi connectivity index (χ2v) is 5.14. The molecule has 0 saturated heterocycles. The Bertz CT molecular complexity index is 317. The zero-order chi connectivity index (χ0) is 14.1. The van der Waals surface area contributed by atoms with Gasteiger partial charge < -0.3 is 14.8 Å². The van der Waals surface area contributed by atoms with E-state index in [1.165, 1.54) is 0 Å². The molecule has 0 aromatic carbocycles. The standard InChI is InChI=1S/C14H24N2O3/c1-3-12-4-6-14(11-15,7-5-12)16-13(17)10-19-9-8-18-2/h12H,3-10H2,1-2H3,(H,16,17). The Hall–Kier alpha value is -1.12. The number of hydrogen-bond acceptors (Lipinski definition) is 4. The lowest BCUT2D eigenvalue weighted by Crippen LogP contribution is -2.50. The van der Waals surface area contributed by atoms with Crippen molar-refractivity contribution in [3.8, 4) is 6.07 Å². The predicted octanol–water partition coefficient (Wildman–Crippen LogP) is 1.63. The maximum Gasteiger partial charge on any atom is 0.247 e. The lowest BCUT2D eigenvalue weighted by molar-refractivity contribution is -0.127. The number of ether oxygens (including phenoxy) is 2. The highest BCUT2D eigenvalue weighted by Gasteiger charge is 2.36. The van der Waals surface area contributed by atoms with E-state index in [4.69, 9.17) is 9.47 Å². The molecule has 1 amide bonds. The summed E-state index contributed by atoms with van der Waals surface area (Å²) in [6, 6.07) is 2.28. The van der Waals surface area contributed by atoms with Crippen molar-refractivity contribution in [3.05, 3.63) is 0 Å². The quantitative estimate of drug-likeness (QED) is 0.712. The maximum atomic E-state index is 11.8. The van der Waals surface area contributed by atoms with Gasteiger partial charge in [0, 0.05) is 7.11 Å². The van der Waals surface area contributed by atoms with Crippen molar-refractivity contribution in [2.24, 2.45) is 5.92 Å². The third kappa shape index (κ3) is 5.17. The third-order valence-electron chi connectivity index (χ3n) is 3.79. The topological polar surface area (TPSA) is 71.4 Å². The first kappa shape index (κ1) is 15.9. The van der Waals surface area contributed by atoms with Crippen LogP contribution in [0.3, 0.4) is 0 Å². The predicted molar refractivity (Wildman–Crippen MR) is 71.4 cm³/mol. The highest BCUT2D eigenvalue weighted by atomic mass is 16.5. The fourth-order valence-corrected chi connectivity index (χ4v) is 2.45. The van der Waals surface area contributed by atoms with Gasteiger partial charge in [-0.05, 0) is 31.6 Å². The molecule has 1 saturated carbocycles. The molecule has 0 aromatic rings. The molecule has 0 aliphatic heterocycles. The van der Waals surface area contributed by atoms with E-state index in [0.717, 1.165) is 32.1 Å². The number of rotatable bonds is 7. The highest BCUT2D eigenvalue weighted by molar-refractivity contribution is 5.78. The fraction of sp³-hybridized carbons (Fsp3) is 0.857. The monoisotopic (exact) mass is 268 g/mol. The number of nitrogens with zero attached hydrogens (tertiary/aromatic N) is 1. The average Bonchev–Trinajstić information content (AvgIpc) is 2.44. The van der Waals surface area contributed by atoms with Crippen LogP contribution < -0.4 is 5.32 Å². The fourth-order valence-electron chi connectivity index (χ4n) is 2.45. The molecular weight excluding hydrogens is 244 g/mol. The molecule has 5 heteroatoms. The van der Waals surface area contributed by atoms with Crippen molar-refractivity contribution in [1.82, 2.24) is 5.32 Å². The maximum absolute atomic E-state index is 11.8. The molecule has 0 atom stereocenters. The molecule has 5 nitrogen and oxygen atoms in total. The van der Waals surface area contributed by atoms with Crippen LogP contribution in [0.4, 0.5) is 0 Å². The van der Waals surface area contributed by atoms with Gasteiger partial charge >= 0.3 is 0 Å². The van der Waals surface area contributed by atoms with Gasteiger partial charge in [0.1, 0.15) is 12.1 Å². The zero-order valence-electron chi connectivity index (χ0n) is 11.9. The van der Waals surface area contributed by atoms with Crippen molar-refractivity contribution < 1.29 is 14.3 Å². The van der Waals surface area contributed by atoms with E-state index in [0.29, 0.717) is 19.1 Å². The van der Waals surface area contributed by atoms with Gasteiger partial charge in [0.05, 0.1) is 19.3 Å². The van der Waals surface area contributed by atoms with Crippen molar-refractivity contribution >= 4 is 5.91 Å². The molecule has 1 rings (SSSR count). The number of amides is 1. The Morgan fingerprint density at radius 2 is 2.11 bits per heavy atom. The molecule has 1 aliphatic carbocycles. The average molecular weight is 268 g/mol. The van der Waals surface area contributed by atoms with Crippen LogP contribution in [0.2, 0.25) is 0 Å². The number of nitrogens with one attached hydrogen (secondary N) is 1. The summed E-state index contributed by atoms with van der Waals surface area (Å²) in [5.41, 5.74) is -0.687. The van der Waals surface area contributed by atoms with E-state index in [9.17, 15) is 10.1 Å². The number of hydrogen-bond donors (Lipinski definition) is 1. The van der Waals surface area contributed by atoms with Crippen molar-refractivity contribution in [2.45, 2.75) is 44.6 Å². The third-order valence-corrected chi connectivity index (χ3v) is 3.79. The van der Waals surface area contributed by atoms with Crippen LogP contribution in [0.5, 0.6) is 0 Å². The van der Waals surface area contributed by atoms with Crippen LogP contribution in [0.1, 0.15) is 39.0 Å². The van der Waals surface area contributed by atoms with Crippen LogP contribution in [0, 0.1) is 17.2 Å². The van der Waals surface area contributed by atoms with Gasteiger partial charge in [0.25, 0.3) is 0 Å². The van der Waals surface area contributed by atoms with Gasteiger partial charge in [-0.15, -0.1) is 0 Å². The van der Waals surface area contributed by atoms with E-state index in [2.05, 4.69) is 18.3 Å². The minimum Gasteiger partial charge on any atom is -0.382 e. The van der Waals surface area contributed by atoms with Crippen LogP contribution in [0.25, 0.3) is 0 Å². The minimum absolute atomic E-state index is 0.00992. The van der Waals surface area contributed by atoms with Crippen LogP contribution >= 0.6 is 0 Å². The first-order valence-corrected chi connectivity index (χ1v) is 6.94. The van der Waals surface area contributed by atoms with E-state index in [1.807, 2.05) is 0 Å². The first-order valence-electron chi connectivity index (χ1n) is 6.94. The second kappa shape index (κ2) is 8.13.